The molecule has 2 aliphatic rings. The zero-order chi connectivity index (χ0) is 20.9. The number of hydrogen-bond donors (Lipinski definition) is 1. The number of fused-ring (bicyclic) bond motifs is 2. The number of esters is 1. The third kappa shape index (κ3) is 2.92. The van der Waals surface area contributed by atoms with Gasteiger partial charge in [0.15, 0.2) is 5.13 Å². The molecule has 2 bridgehead atoms. The molecule has 0 aromatic carbocycles. The molecule has 3 rings (SSSR count). The lowest BCUT2D eigenvalue weighted by atomic mass is 9.62. The van der Waals surface area contributed by atoms with Crippen molar-refractivity contribution in [2.45, 2.75) is 47.0 Å². The molecule has 0 radical (unpaired) electrons. The topological polar surface area (TPSA) is 106 Å². The summed E-state index contributed by atoms with van der Waals surface area (Å²) in [5.74, 6) is -1.88. The molecule has 8 nitrogen and oxygen atoms in total. The van der Waals surface area contributed by atoms with Crippen LogP contribution in [0.15, 0.2) is 0 Å². The Balaban J connectivity index is 1.76. The van der Waals surface area contributed by atoms with Gasteiger partial charge in [0.25, 0.3) is 0 Å². The van der Waals surface area contributed by atoms with Crippen molar-refractivity contribution in [3.63, 3.8) is 0 Å². The van der Waals surface area contributed by atoms with Gasteiger partial charge in [0, 0.05) is 5.92 Å². The highest BCUT2D eigenvalue weighted by Crippen LogP contribution is 2.59. The highest BCUT2D eigenvalue weighted by atomic mass is 32.1. The lowest BCUT2D eigenvalue weighted by Crippen LogP contribution is -2.60. The number of anilines is 1. The number of likely N-dealkylation sites (tertiary alicyclic amines) is 1. The summed E-state index contributed by atoms with van der Waals surface area (Å²) in [6.07, 6.45) is 1.80. The Labute approximate surface area is 167 Å². The van der Waals surface area contributed by atoms with Gasteiger partial charge in [0.1, 0.15) is 11.4 Å². The normalized spacial score (nSPS) is 25.8. The highest BCUT2D eigenvalue weighted by molar-refractivity contribution is 7.17. The molecule has 152 valence electrons. The van der Waals surface area contributed by atoms with E-state index in [0.717, 1.165) is 16.2 Å². The third-order valence-electron chi connectivity index (χ3n) is 6.46. The number of piperidine rings is 1. The van der Waals surface area contributed by atoms with Crippen LogP contribution in [-0.2, 0) is 25.5 Å². The maximum atomic E-state index is 13.0. The maximum absolute atomic E-state index is 13.0. The quantitative estimate of drug-likeness (QED) is 0.593. The van der Waals surface area contributed by atoms with Gasteiger partial charge in [-0.3, -0.25) is 19.3 Å². The second kappa shape index (κ2) is 6.95. The van der Waals surface area contributed by atoms with E-state index >= 15 is 0 Å². The van der Waals surface area contributed by atoms with Crippen LogP contribution in [0.3, 0.4) is 0 Å². The SMILES string of the molecule is CCc1nc(NC(=O)CN2C(=O)C3CCC(C)(C2=O)C3(C)C)sc1C(=O)OC. The number of ether oxygens (including phenoxy) is 1. The Morgan fingerprint density at radius 3 is 2.61 bits per heavy atom. The minimum Gasteiger partial charge on any atom is -0.465 e. The monoisotopic (exact) mass is 407 g/mol. The number of nitrogens with zero attached hydrogens (tertiary/aromatic N) is 2. The summed E-state index contributed by atoms with van der Waals surface area (Å²) < 4.78 is 4.73. The highest BCUT2D eigenvalue weighted by Gasteiger charge is 2.64. The van der Waals surface area contributed by atoms with E-state index in [4.69, 9.17) is 4.74 Å². The van der Waals surface area contributed by atoms with Crippen molar-refractivity contribution in [3.8, 4) is 0 Å². The van der Waals surface area contributed by atoms with Gasteiger partial charge in [-0.1, -0.05) is 39.0 Å². The Hall–Kier alpha value is -2.29. The molecular weight excluding hydrogens is 382 g/mol. The molecule has 1 N–H and O–H groups in total. The standard InChI is InChI=1S/C19H25N3O5S/c1-6-11-13(15(25)27-5)28-17(20-11)21-12(23)9-22-14(24)10-7-8-19(4,16(22)26)18(10,2)3/h10H,6-9H2,1-5H3,(H,20,21,23). The molecule has 2 fully saturated rings. The van der Waals surface area contributed by atoms with Gasteiger partial charge >= 0.3 is 5.97 Å². The van der Waals surface area contributed by atoms with E-state index in [0.29, 0.717) is 29.8 Å². The summed E-state index contributed by atoms with van der Waals surface area (Å²) in [5, 5.41) is 2.85. The van der Waals surface area contributed by atoms with E-state index in [2.05, 4.69) is 10.3 Å². The van der Waals surface area contributed by atoms with E-state index in [-0.39, 0.29) is 29.4 Å². The molecule has 1 aliphatic heterocycles. The number of carbonyl (C=O) groups excluding carboxylic acids is 4. The summed E-state index contributed by atoms with van der Waals surface area (Å²) in [4.78, 5) is 55.8. The van der Waals surface area contributed by atoms with Crippen LogP contribution >= 0.6 is 11.3 Å². The third-order valence-corrected chi connectivity index (χ3v) is 7.45. The first-order chi connectivity index (χ1) is 13.1. The Morgan fingerprint density at radius 1 is 1.32 bits per heavy atom. The van der Waals surface area contributed by atoms with Gasteiger partial charge in [-0.25, -0.2) is 9.78 Å². The summed E-state index contributed by atoms with van der Waals surface area (Å²) in [6.45, 7) is 7.27. The van der Waals surface area contributed by atoms with Gasteiger partial charge in [0.05, 0.1) is 18.2 Å². The molecule has 1 aliphatic carbocycles. The molecular formula is C19H25N3O5S. The summed E-state index contributed by atoms with van der Waals surface area (Å²) in [5.41, 5.74) is -0.542. The molecule has 2 heterocycles. The summed E-state index contributed by atoms with van der Waals surface area (Å²) in [6, 6.07) is 0. The van der Waals surface area contributed by atoms with Crippen LogP contribution in [0.2, 0.25) is 0 Å². The first-order valence-electron chi connectivity index (χ1n) is 9.30. The van der Waals surface area contributed by atoms with Crippen molar-refractivity contribution in [2.75, 3.05) is 19.0 Å². The van der Waals surface area contributed by atoms with Crippen LogP contribution in [0.1, 0.15) is 55.9 Å². The van der Waals surface area contributed by atoms with E-state index in [1.54, 1.807) is 0 Å². The average molecular weight is 407 g/mol. The van der Waals surface area contributed by atoms with E-state index < -0.39 is 22.7 Å². The Bertz CT molecular complexity index is 862. The molecule has 2 unspecified atom stereocenters. The van der Waals surface area contributed by atoms with Gasteiger partial charge < -0.3 is 10.1 Å². The largest absolute Gasteiger partial charge is 0.465 e. The number of rotatable bonds is 5. The number of aryl methyl sites for hydroxylation is 1. The molecule has 2 atom stereocenters. The number of carbonyl (C=O) groups is 4. The number of hydrogen-bond acceptors (Lipinski definition) is 7. The molecule has 28 heavy (non-hydrogen) atoms. The number of nitrogens with one attached hydrogen (secondary N) is 1. The molecule has 1 aromatic heterocycles. The fourth-order valence-corrected chi connectivity index (χ4v) is 5.24. The van der Waals surface area contributed by atoms with Gasteiger partial charge in [0.2, 0.25) is 17.7 Å². The molecule has 1 saturated carbocycles. The van der Waals surface area contributed by atoms with Crippen molar-refractivity contribution in [1.82, 2.24) is 9.88 Å². The smallest absolute Gasteiger partial charge is 0.350 e. The van der Waals surface area contributed by atoms with E-state index in [1.165, 1.54) is 7.11 Å². The second-order valence-corrected chi connectivity index (χ2v) is 9.06. The Kier molecular flexibility index (Phi) is 5.07. The van der Waals surface area contributed by atoms with Crippen molar-refractivity contribution in [3.05, 3.63) is 10.6 Å². The first kappa shape index (κ1) is 20.4. The van der Waals surface area contributed by atoms with Crippen LogP contribution < -0.4 is 5.32 Å². The van der Waals surface area contributed by atoms with Crippen molar-refractivity contribution < 1.29 is 23.9 Å². The second-order valence-electron chi connectivity index (χ2n) is 8.06. The molecule has 0 spiro atoms. The van der Waals surface area contributed by atoms with Crippen LogP contribution in [-0.4, -0.2) is 47.2 Å². The first-order valence-corrected chi connectivity index (χ1v) is 10.1. The van der Waals surface area contributed by atoms with Crippen molar-refractivity contribution in [1.29, 1.82) is 0 Å². The summed E-state index contributed by atoms with van der Waals surface area (Å²) in [7, 11) is 1.28. The van der Waals surface area contributed by atoms with Gasteiger partial charge in [-0.15, -0.1) is 0 Å². The zero-order valence-corrected chi connectivity index (χ0v) is 17.6. The maximum Gasteiger partial charge on any atom is 0.350 e. The van der Waals surface area contributed by atoms with Crippen molar-refractivity contribution in [2.24, 2.45) is 16.7 Å². The van der Waals surface area contributed by atoms with Gasteiger partial charge in [-0.05, 0) is 24.7 Å². The number of imide groups is 1. The van der Waals surface area contributed by atoms with E-state index in [9.17, 15) is 19.2 Å². The van der Waals surface area contributed by atoms with Crippen LogP contribution in [0.4, 0.5) is 5.13 Å². The average Bonchev–Trinajstić information content (AvgIpc) is 3.13. The molecule has 1 saturated heterocycles. The minimum absolute atomic E-state index is 0.244. The van der Waals surface area contributed by atoms with Gasteiger partial charge in [-0.2, -0.15) is 0 Å². The number of amides is 3. The van der Waals surface area contributed by atoms with Crippen LogP contribution in [0, 0.1) is 16.7 Å². The Morgan fingerprint density at radius 2 is 2.00 bits per heavy atom. The number of thiazole rings is 1. The predicted octanol–water partition coefficient (Wildman–Crippen LogP) is 2.24. The van der Waals surface area contributed by atoms with Crippen LogP contribution in [0.25, 0.3) is 0 Å². The van der Waals surface area contributed by atoms with Crippen molar-refractivity contribution >= 4 is 40.2 Å². The number of aromatic nitrogens is 1. The van der Waals surface area contributed by atoms with Crippen LogP contribution in [0.5, 0.6) is 0 Å². The fourth-order valence-electron chi connectivity index (χ4n) is 4.25. The number of methoxy groups -OCH3 is 1. The molecule has 3 amide bonds. The lowest BCUT2D eigenvalue weighted by molar-refractivity contribution is -0.168. The molecule has 9 heteroatoms. The summed E-state index contributed by atoms with van der Waals surface area (Å²) >= 11 is 1.02. The zero-order valence-electron chi connectivity index (χ0n) is 16.7. The molecule has 1 aromatic rings. The predicted molar refractivity (Wildman–Crippen MR) is 103 cm³/mol. The van der Waals surface area contributed by atoms with E-state index in [1.807, 2.05) is 27.7 Å². The fraction of sp³-hybridized carbons (Fsp3) is 0.632. The lowest BCUT2D eigenvalue weighted by Gasteiger charge is -2.47. The minimum atomic E-state index is -0.652.